The Labute approximate surface area is 155 Å². The second-order valence-electron chi connectivity index (χ2n) is 7.91. The minimum Gasteiger partial charge on any atom is -0.351 e. The predicted octanol–water partition coefficient (Wildman–Crippen LogP) is 2.64. The fourth-order valence-electron chi connectivity index (χ4n) is 5.15. The zero-order valence-corrected chi connectivity index (χ0v) is 16.6. The summed E-state index contributed by atoms with van der Waals surface area (Å²) in [7, 11) is 1.90. The normalized spacial score (nSPS) is 30.3. The lowest BCUT2D eigenvalue weighted by molar-refractivity contribution is 0.0958. The van der Waals surface area contributed by atoms with Crippen molar-refractivity contribution in [1.29, 1.82) is 0 Å². The highest BCUT2D eigenvalue weighted by atomic mass is 32.1. The van der Waals surface area contributed by atoms with Crippen LogP contribution in [0.3, 0.4) is 0 Å². The van der Waals surface area contributed by atoms with E-state index in [-0.39, 0.29) is 0 Å². The molecular formula is C19H31N5S. The Morgan fingerprint density at radius 2 is 2.00 bits per heavy atom. The van der Waals surface area contributed by atoms with E-state index in [1.54, 1.807) is 11.3 Å². The summed E-state index contributed by atoms with van der Waals surface area (Å²) in [6, 6.07) is 0.874. The summed E-state index contributed by atoms with van der Waals surface area (Å²) in [6.07, 6.45) is 5.93. The second kappa shape index (κ2) is 7.23. The van der Waals surface area contributed by atoms with Gasteiger partial charge in [0, 0.05) is 44.1 Å². The van der Waals surface area contributed by atoms with E-state index in [1.807, 2.05) is 7.05 Å². The third-order valence-electron chi connectivity index (χ3n) is 6.40. The third-order valence-corrected chi connectivity index (χ3v) is 7.47. The van der Waals surface area contributed by atoms with Gasteiger partial charge in [0.15, 0.2) is 5.96 Å². The molecule has 0 amide bonds. The number of thiazole rings is 1. The molecule has 1 saturated heterocycles. The number of aliphatic imine (C=N–C) groups is 1. The van der Waals surface area contributed by atoms with E-state index in [9.17, 15) is 0 Å². The highest BCUT2D eigenvalue weighted by molar-refractivity contribution is 7.11. The van der Waals surface area contributed by atoms with E-state index in [0.717, 1.165) is 54.2 Å². The van der Waals surface area contributed by atoms with Gasteiger partial charge in [0.2, 0.25) is 0 Å². The van der Waals surface area contributed by atoms with Gasteiger partial charge < -0.3 is 10.2 Å². The molecule has 2 aliphatic carbocycles. The van der Waals surface area contributed by atoms with Crippen LogP contribution in [0.25, 0.3) is 0 Å². The lowest BCUT2D eigenvalue weighted by Crippen LogP contribution is -2.55. The van der Waals surface area contributed by atoms with Crippen molar-refractivity contribution in [3.8, 4) is 0 Å². The molecule has 2 heterocycles. The summed E-state index contributed by atoms with van der Waals surface area (Å²) in [6.45, 7) is 9.56. The van der Waals surface area contributed by atoms with Crippen LogP contribution >= 0.6 is 11.3 Å². The number of aromatic nitrogens is 1. The SMILES string of the molecule is CN=C(NCc1sc(C)nc1C)N1CCN(C2CC3CCC2C3)CC1. The number of hydrogen-bond acceptors (Lipinski definition) is 4. The molecule has 1 aromatic heterocycles. The Kier molecular flexibility index (Phi) is 5.00. The largest absolute Gasteiger partial charge is 0.351 e. The number of rotatable bonds is 3. The van der Waals surface area contributed by atoms with Gasteiger partial charge in [-0.2, -0.15) is 0 Å². The van der Waals surface area contributed by atoms with Gasteiger partial charge in [0.25, 0.3) is 0 Å². The van der Waals surface area contributed by atoms with E-state index in [4.69, 9.17) is 0 Å². The lowest BCUT2D eigenvalue weighted by Gasteiger charge is -2.41. The summed E-state index contributed by atoms with van der Waals surface area (Å²) in [5.41, 5.74) is 1.14. The maximum atomic E-state index is 4.52. The van der Waals surface area contributed by atoms with Gasteiger partial charge in [-0.3, -0.25) is 9.89 Å². The first-order valence-corrected chi connectivity index (χ1v) is 10.6. The van der Waals surface area contributed by atoms with Crippen molar-refractivity contribution < 1.29 is 0 Å². The van der Waals surface area contributed by atoms with Crippen LogP contribution < -0.4 is 5.32 Å². The van der Waals surface area contributed by atoms with Gasteiger partial charge in [0.05, 0.1) is 17.2 Å². The quantitative estimate of drug-likeness (QED) is 0.664. The van der Waals surface area contributed by atoms with Gasteiger partial charge in [-0.15, -0.1) is 11.3 Å². The average Bonchev–Trinajstić information content (AvgIpc) is 3.32. The van der Waals surface area contributed by atoms with E-state index in [2.05, 4.69) is 38.9 Å². The zero-order chi connectivity index (χ0) is 17.4. The van der Waals surface area contributed by atoms with E-state index in [0.29, 0.717) is 0 Å². The molecule has 1 N–H and O–H groups in total. The van der Waals surface area contributed by atoms with Crippen molar-refractivity contribution >= 4 is 17.3 Å². The number of hydrogen-bond donors (Lipinski definition) is 1. The molecule has 0 aromatic carbocycles. The van der Waals surface area contributed by atoms with Crippen molar-refractivity contribution in [3.63, 3.8) is 0 Å². The van der Waals surface area contributed by atoms with E-state index in [1.165, 1.54) is 43.6 Å². The van der Waals surface area contributed by atoms with E-state index >= 15 is 0 Å². The monoisotopic (exact) mass is 361 g/mol. The molecule has 2 bridgehead atoms. The van der Waals surface area contributed by atoms with Crippen molar-refractivity contribution in [2.75, 3.05) is 33.2 Å². The Balaban J connectivity index is 1.29. The summed E-state index contributed by atoms with van der Waals surface area (Å²) in [5.74, 6) is 3.07. The highest BCUT2D eigenvalue weighted by Gasteiger charge is 2.42. The standard InChI is InChI=1S/C19H31N5S/c1-13-18(25-14(2)22-13)12-21-19(20-3)24-8-6-23(7-9-24)17-11-15-4-5-16(17)10-15/h15-17H,4-12H2,1-3H3,(H,20,21). The van der Waals surface area contributed by atoms with E-state index < -0.39 is 0 Å². The first-order valence-electron chi connectivity index (χ1n) is 9.76. The molecule has 3 unspecified atom stereocenters. The van der Waals surface area contributed by atoms with Gasteiger partial charge >= 0.3 is 0 Å². The summed E-state index contributed by atoms with van der Waals surface area (Å²) in [4.78, 5) is 15.6. The van der Waals surface area contributed by atoms with Crippen LogP contribution in [0.4, 0.5) is 0 Å². The minimum atomic E-state index is 0.830. The Morgan fingerprint density at radius 3 is 2.56 bits per heavy atom. The molecule has 25 heavy (non-hydrogen) atoms. The second-order valence-corrected chi connectivity index (χ2v) is 9.20. The molecule has 3 atom stereocenters. The van der Waals surface area contributed by atoms with Crippen LogP contribution in [0, 0.1) is 25.7 Å². The van der Waals surface area contributed by atoms with Gasteiger partial charge in [0.1, 0.15) is 0 Å². The highest BCUT2D eigenvalue weighted by Crippen LogP contribution is 2.46. The number of fused-ring (bicyclic) bond motifs is 2. The molecule has 0 radical (unpaired) electrons. The lowest BCUT2D eigenvalue weighted by atomic mass is 9.93. The minimum absolute atomic E-state index is 0.830. The Morgan fingerprint density at radius 1 is 1.20 bits per heavy atom. The fourth-order valence-corrected chi connectivity index (χ4v) is 6.03. The van der Waals surface area contributed by atoms with Crippen LogP contribution in [-0.2, 0) is 6.54 Å². The van der Waals surface area contributed by atoms with Crippen molar-refractivity contribution in [2.24, 2.45) is 16.8 Å². The molecule has 6 heteroatoms. The molecule has 1 aliphatic heterocycles. The number of nitrogens with one attached hydrogen (secondary N) is 1. The average molecular weight is 362 g/mol. The zero-order valence-electron chi connectivity index (χ0n) is 15.8. The molecule has 3 aliphatic rings. The summed E-state index contributed by atoms with van der Waals surface area (Å²) in [5, 5.41) is 4.69. The van der Waals surface area contributed by atoms with Crippen LogP contribution in [0.15, 0.2) is 4.99 Å². The van der Waals surface area contributed by atoms with Crippen LogP contribution in [0.1, 0.15) is 41.3 Å². The number of guanidine groups is 1. The maximum Gasteiger partial charge on any atom is 0.194 e. The smallest absolute Gasteiger partial charge is 0.194 e. The molecule has 0 spiro atoms. The number of nitrogens with zero attached hydrogens (tertiary/aromatic N) is 4. The van der Waals surface area contributed by atoms with Crippen molar-refractivity contribution in [1.82, 2.24) is 20.1 Å². The first kappa shape index (κ1) is 17.3. The van der Waals surface area contributed by atoms with Gasteiger partial charge in [-0.25, -0.2) is 4.98 Å². The van der Waals surface area contributed by atoms with Gasteiger partial charge in [-0.05, 0) is 44.9 Å². The molecule has 5 nitrogen and oxygen atoms in total. The van der Waals surface area contributed by atoms with Crippen LogP contribution in [0.2, 0.25) is 0 Å². The number of piperazine rings is 1. The fraction of sp³-hybridized carbons (Fsp3) is 0.789. The predicted molar refractivity (Wildman–Crippen MR) is 104 cm³/mol. The molecule has 4 rings (SSSR count). The molecule has 1 aromatic rings. The third kappa shape index (κ3) is 3.56. The van der Waals surface area contributed by atoms with Gasteiger partial charge in [-0.1, -0.05) is 6.42 Å². The summed E-state index contributed by atoms with van der Waals surface area (Å²) >= 11 is 1.78. The molecular weight excluding hydrogens is 330 g/mol. The van der Waals surface area contributed by atoms with Crippen LogP contribution in [-0.4, -0.2) is 60.0 Å². The maximum absolute atomic E-state index is 4.52. The first-order chi connectivity index (χ1) is 12.1. The molecule has 3 fully saturated rings. The molecule has 138 valence electrons. The summed E-state index contributed by atoms with van der Waals surface area (Å²) < 4.78 is 0. The van der Waals surface area contributed by atoms with Crippen LogP contribution in [0.5, 0.6) is 0 Å². The molecule has 2 saturated carbocycles. The number of aryl methyl sites for hydroxylation is 2. The Bertz CT molecular complexity index is 632. The topological polar surface area (TPSA) is 43.8 Å². The van der Waals surface area contributed by atoms with Crippen molar-refractivity contribution in [2.45, 2.75) is 52.1 Å². The van der Waals surface area contributed by atoms with Crippen molar-refractivity contribution in [3.05, 3.63) is 15.6 Å². The Hall–Kier alpha value is -1.14.